The standard InChI is InChI=1S/C8H14N2O2/c1-6(8(11)12)10-7-2-4-9-5-3-7/h2,4,6-7,9-10H,3,5H2,1H3,(H,11,12)/t6-,7?/m0/s1. The van der Waals surface area contributed by atoms with Gasteiger partial charge < -0.3 is 10.4 Å². The lowest BCUT2D eigenvalue weighted by Gasteiger charge is -2.21. The summed E-state index contributed by atoms with van der Waals surface area (Å²) < 4.78 is 0. The molecule has 68 valence electrons. The van der Waals surface area contributed by atoms with Crippen LogP contribution in [0.2, 0.25) is 0 Å². The van der Waals surface area contributed by atoms with Crippen LogP contribution in [0.15, 0.2) is 12.3 Å². The molecule has 0 aromatic heterocycles. The quantitative estimate of drug-likeness (QED) is 0.554. The van der Waals surface area contributed by atoms with Gasteiger partial charge in [-0.1, -0.05) is 6.08 Å². The number of aliphatic carboxylic acids is 1. The average molecular weight is 170 g/mol. The van der Waals surface area contributed by atoms with Crippen LogP contribution in [-0.2, 0) is 4.79 Å². The fourth-order valence-electron chi connectivity index (χ4n) is 1.13. The van der Waals surface area contributed by atoms with E-state index in [4.69, 9.17) is 5.11 Å². The molecule has 1 rings (SSSR count). The van der Waals surface area contributed by atoms with Gasteiger partial charge in [-0.2, -0.15) is 0 Å². The smallest absolute Gasteiger partial charge is 0.320 e. The van der Waals surface area contributed by atoms with Gasteiger partial charge in [-0.05, 0) is 19.5 Å². The zero-order valence-corrected chi connectivity index (χ0v) is 7.08. The first-order chi connectivity index (χ1) is 5.70. The molecule has 0 aromatic carbocycles. The Morgan fingerprint density at radius 2 is 2.58 bits per heavy atom. The Bertz CT molecular complexity index is 191. The summed E-state index contributed by atoms with van der Waals surface area (Å²) in [6.07, 6.45) is 4.74. The van der Waals surface area contributed by atoms with E-state index in [0.717, 1.165) is 13.0 Å². The third kappa shape index (κ3) is 2.54. The number of hydrogen-bond donors (Lipinski definition) is 3. The second kappa shape index (κ2) is 4.11. The SMILES string of the molecule is C[C@H](NC1C=CNCC1)C(=O)O. The first-order valence-corrected chi connectivity index (χ1v) is 4.09. The highest BCUT2D eigenvalue weighted by atomic mass is 16.4. The molecule has 0 radical (unpaired) electrons. The van der Waals surface area contributed by atoms with E-state index in [1.807, 2.05) is 12.3 Å². The second-order valence-corrected chi connectivity index (χ2v) is 2.94. The van der Waals surface area contributed by atoms with Gasteiger partial charge in [0.2, 0.25) is 0 Å². The van der Waals surface area contributed by atoms with Crippen LogP contribution in [0.5, 0.6) is 0 Å². The molecule has 1 aliphatic rings. The first-order valence-electron chi connectivity index (χ1n) is 4.09. The van der Waals surface area contributed by atoms with E-state index in [0.29, 0.717) is 0 Å². The highest BCUT2D eigenvalue weighted by molar-refractivity contribution is 5.72. The molecule has 0 saturated heterocycles. The molecule has 1 aliphatic heterocycles. The minimum absolute atomic E-state index is 0.192. The summed E-state index contributed by atoms with van der Waals surface area (Å²) in [5.74, 6) is -0.804. The highest BCUT2D eigenvalue weighted by Gasteiger charge is 2.15. The molecule has 0 bridgehead atoms. The Morgan fingerprint density at radius 3 is 3.08 bits per heavy atom. The minimum atomic E-state index is -0.804. The third-order valence-corrected chi connectivity index (χ3v) is 1.88. The zero-order chi connectivity index (χ0) is 8.97. The van der Waals surface area contributed by atoms with Crippen LogP contribution >= 0.6 is 0 Å². The largest absolute Gasteiger partial charge is 0.480 e. The molecule has 2 atom stereocenters. The molecule has 0 aromatic rings. The molecule has 3 N–H and O–H groups in total. The fourth-order valence-corrected chi connectivity index (χ4v) is 1.13. The predicted octanol–water partition coefficient (Wildman–Crippen LogP) is -0.0753. The van der Waals surface area contributed by atoms with Gasteiger partial charge in [0.15, 0.2) is 0 Å². The Morgan fingerprint density at radius 1 is 1.83 bits per heavy atom. The normalized spacial score (nSPS) is 24.6. The molecule has 4 nitrogen and oxygen atoms in total. The van der Waals surface area contributed by atoms with Crippen LogP contribution in [0.4, 0.5) is 0 Å². The monoisotopic (exact) mass is 170 g/mol. The molecular weight excluding hydrogens is 156 g/mol. The Labute approximate surface area is 71.7 Å². The molecule has 0 fully saturated rings. The number of nitrogens with one attached hydrogen (secondary N) is 2. The summed E-state index contributed by atoms with van der Waals surface area (Å²) in [6.45, 7) is 2.55. The summed E-state index contributed by atoms with van der Waals surface area (Å²) in [5.41, 5.74) is 0. The lowest BCUT2D eigenvalue weighted by atomic mass is 10.1. The van der Waals surface area contributed by atoms with Gasteiger partial charge in [-0.3, -0.25) is 10.1 Å². The van der Waals surface area contributed by atoms with Crippen LogP contribution in [0.25, 0.3) is 0 Å². The van der Waals surface area contributed by atoms with Crippen LogP contribution in [0, 0.1) is 0 Å². The fraction of sp³-hybridized carbons (Fsp3) is 0.625. The van der Waals surface area contributed by atoms with Crippen molar-refractivity contribution in [2.24, 2.45) is 0 Å². The van der Waals surface area contributed by atoms with Gasteiger partial charge in [0, 0.05) is 12.6 Å². The lowest BCUT2D eigenvalue weighted by molar-refractivity contribution is -0.139. The summed E-state index contributed by atoms with van der Waals surface area (Å²) in [6, 6.07) is -0.282. The van der Waals surface area contributed by atoms with Crippen molar-refractivity contribution in [2.75, 3.05) is 6.54 Å². The summed E-state index contributed by atoms with van der Waals surface area (Å²) in [5, 5.41) is 14.7. The molecular formula is C8H14N2O2. The number of rotatable bonds is 3. The molecule has 12 heavy (non-hydrogen) atoms. The van der Waals surface area contributed by atoms with Crippen LogP contribution in [-0.4, -0.2) is 29.7 Å². The van der Waals surface area contributed by atoms with Crippen molar-refractivity contribution in [1.29, 1.82) is 0 Å². The van der Waals surface area contributed by atoms with Crippen molar-refractivity contribution in [3.05, 3.63) is 12.3 Å². The minimum Gasteiger partial charge on any atom is -0.480 e. The maximum absolute atomic E-state index is 10.5. The number of hydrogen-bond acceptors (Lipinski definition) is 3. The molecule has 4 heteroatoms. The van der Waals surface area contributed by atoms with E-state index in [1.54, 1.807) is 6.92 Å². The van der Waals surface area contributed by atoms with Crippen LogP contribution < -0.4 is 10.6 Å². The number of carboxylic acid groups (broad SMARTS) is 1. The summed E-state index contributed by atoms with van der Waals surface area (Å²) in [4.78, 5) is 10.5. The van der Waals surface area contributed by atoms with Crippen molar-refractivity contribution in [3.8, 4) is 0 Å². The average Bonchev–Trinajstić information content (AvgIpc) is 2.06. The number of carboxylic acids is 1. The maximum Gasteiger partial charge on any atom is 0.320 e. The van der Waals surface area contributed by atoms with Crippen molar-refractivity contribution in [3.63, 3.8) is 0 Å². The van der Waals surface area contributed by atoms with Gasteiger partial charge >= 0.3 is 5.97 Å². The van der Waals surface area contributed by atoms with Crippen molar-refractivity contribution in [1.82, 2.24) is 10.6 Å². The molecule has 0 amide bonds. The Kier molecular flexibility index (Phi) is 3.10. The summed E-state index contributed by atoms with van der Waals surface area (Å²) >= 11 is 0. The molecule has 1 heterocycles. The Hall–Kier alpha value is -1.03. The predicted molar refractivity (Wildman–Crippen MR) is 45.8 cm³/mol. The van der Waals surface area contributed by atoms with Crippen molar-refractivity contribution >= 4 is 5.97 Å². The van der Waals surface area contributed by atoms with Gasteiger partial charge in [-0.15, -0.1) is 0 Å². The summed E-state index contributed by atoms with van der Waals surface area (Å²) in [7, 11) is 0. The topological polar surface area (TPSA) is 61.4 Å². The van der Waals surface area contributed by atoms with Gasteiger partial charge in [0.1, 0.15) is 6.04 Å². The van der Waals surface area contributed by atoms with Gasteiger partial charge in [0.05, 0.1) is 0 Å². The van der Waals surface area contributed by atoms with Crippen molar-refractivity contribution in [2.45, 2.75) is 25.4 Å². The number of carbonyl (C=O) groups is 1. The molecule has 0 spiro atoms. The maximum atomic E-state index is 10.5. The lowest BCUT2D eigenvalue weighted by Crippen LogP contribution is -2.42. The van der Waals surface area contributed by atoms with Gasteiger partial charge in [-0.25, -0.2) is 0 Å². The van der Waals surface area contributed by atoms with E-state index in [-0.39, 0.29) is 6.04 Å². The van der Waals surface area contributed by atoms with E-state index in [1.165, 1.54) is 0 Å². The molecule has 0 saturated carbocycles. The highest BCUT2D eigenvalue weighted by Crippen LogP contribution is 1.99. The van der Waals surface area contributed by atoms with E-state index < -0.39 is 12.0 Å². The van der Waals surface area contributed by atoms with Crippen LogP contribution in [0.3, 0.4) is 0 Å². The molecule has 1 unspecified atom stereocenters. The third-order valence-electron chi connectivity index (χ3n) is 1.88. The first kappa shape index (κ1) is 9.06. The zero-order valence-electron chi connectivity index (χ0n) is 7.08. The van der Waals surface area contributed by atoms with Crippen molar-refractivity contribution < 1.29 is 9.90 Å². The van der Waals surface area contributed by atoms with Gasteiger partial charge in [0.25, 0.3) is 0 Å². The van der Waals surface area contributed by atoms with E-state index >= 15 is 0 Å². The molecule has 0 aliphatic carbocycles. The van der Waals surface area contributed by atoms with E-state index in [9.17, 15) is 4.79 Å². The second-order valence-electron chi connectivity index (χ2n) is 2.94. The van der Waals surface area contributed by atoms with Crippen LogP contribution in [0.1, 0.15) is 13.3 Å². The van der Waals surface area contributed by atoms with E-state index in [2.05, 4.69) is 10.6 Å². The Balaban J connectivity index is 2.34.